The van der Waals surface area contributed by atoms with Crippen LogP contribution < -0.4 is 0 Å². The van der Waals surface area contributed by atoms with Crippen molar-refractivity contribution in [3.05, 3.63) is 17.8 Å². The molecule has 0 aromatic carbocycles. The maximum Gasteiger partial charge on any atom is 0.411 e. The topological polar surface area (TPSA) is 35.3 Å². The van der Waals surface area contributed by atoms with E-state index in [1.807, 2.05) is 0 Å². The molecule has 0 spiro atoms. The van der Waals surface area contributed by atoms with Crippen LogP contribution in [0, 0.1) is 0 Å². The molecule has 3 nitrogen and oxygen atoms in total. The van der Waals surface area contributed by atoms with Crippen molar-refractivity contribution in [3.63, 3.8) is 0 Å². The van der Waals surface area contributed by atoms with Crippen LogP contribution in [0.4, 0.5) is 13.2 Å². The van der Waals surface area contributed by atoms with E-state index in [4.69, 9.17) is 16.0 Å². The van der Waals surface area contributed by atoms with E-state index in [0.717, 1.165) is 0 Å². The van der Waals surface area contributed by atoms with Gasteiger partial charge in [-0.1, -0.05) is 0 Å². The Labute approximate surface area is 89.2 Å². The molecule has 0 saturated heterocycles. The Morgan fingerprint density at radius 1 is 1.47 bits per heavy atom. The third-order valence-electron chi connectivity index (χ3n) is 1.59. The van der Waals surface area contributed by atoms with Crippen LogP contribution in [0.1, 0.15) is 11.5 Å². The lowest BCUT2D eigenvalue weighted by Crippen LogP contribution is -2.18. The second kappa shape index (κ2) is 5.37. The fraction of sp³-hybridized carbons (Fsp3) is 0.625. The highest BCUT2D eigenvalue weighted by Gasteiger charge is 2.27. The average Bonchev–Trinajstić information content (AvgIpc) is 2.58. The van der Waals surface area contributed by atoms with Gasteiger partial charge in [-0.15, -0.1) is 11.6 Å². The molecule has 0 amide bonds. The molecular formula is C8H9ClF3NO2. The summed E-state index contributed by atoms with van der Waals surface area (Å²) in [5.41, 5.74) is 0.535. The van der Waals surface area contributed by atoms with Crippen molar-refractivity contribution in [1.29, 1.82) is 0 Å². The molecule has 0 aliphatic carbocycles. The highest BCUT2D eigenvalue weighted by molar-refractivity contribution is 6.16. The highest BCUT2D eigenvalue weighted by Crippen LogP contribution is 2.15. The minimum Gasteiger partial charge on any atom is -0.448 e. The minimum atomic E-state index is -4.29. The number of rotatable bonds is 5. The summed E-state index contributed by atoms with van der Waals surface area (Å²) in [5, 5.41) is 0. The van der Waals surface area contributed by atoms with Gasteiger partial charge in [0, 0.05) is 6.42 Å². The van der Waals surface area contributed by atoms with Gasteiger partial charge in [0.05, 0.1) is 18.2 Å². The molecule has 1 aromatic rings. The van der Waals surface area contributed by atoms with Gasteiger partial charge in [-0.3, -0.25) is 0 Å². The molecule has 7 heteroatoms. The van der Waals surface area contributed by atoms with Gasteiger partial charge in [0.1, 0.15) is 12.4 Å². The van der Waals surface area contributed by atoms with E-state index in [1.165, 1.54) is 6.39 Å². The largest absolute Gasteiger partial charge is 0.448 e. The number of halogens is 4. The van der Waals surface area contributed by atoms with Crippen molar-refractivity contribution < 1.29 is 22.3 Å². The van der Waals surface area contributed by atoms with E-state index in [9.17, 15) is 13.2 Å². The zero-order valence-corrected chi connectivity index (χ0v) is 8.44. The van der Waals surface area contributed by atoms with Crippen LogP contribution >= 0.6 is 11.6 Å². The zero-order valence-electron chi connectivity index (χ0n) is 7.68. The zero-order chi connectivity index (χ0) is 11.3. The van der Waals surface area contributed by atoms with Gasteiger partial charge in [-0.25, -0.2) is 4.98 Å². The molecule has 0 fully saturated rings. The first-order valence-electron chi connectivity index (χ1n) is 4.14. The molecule has 86 valence electrons. The Kier molecular flexibility index (Phi) is 4.41. The van der Waals surface area contributed by atoms with E-state index in [2.05, 4.69) is 9.72 Å². The Morgan fingerprint density at radius 2 is 2.20 bits per heavy atom. The predicted octanol–water partition coefficient (Wildman–Crippen LogP) is 2.53. The Bertz CT molecular complexity index is 300. The maximum atomic E-state index is 11.7. The molecule has 0 atom stereocenters. The van der Waals surface area contributed by atoms with E-state index in [1.54, 1.807) is 0 Å². The molecule has 0 unspecified atom stereocenters. The summed E-state index contributed by atoms with van der Waals surface area (Å²) in [6.07, 6.45) is -2.86. The molecule has 0 radical (unpaired) electrons. The number of nitrogens with zero attached hydrogens (tertiary/aromatic N) is 1. The molecule has 1 heterocycles. The van der Waals surface area contributed by atoms with Crippen LogP contribution in [0.15, 0.2) is 10.8 Å². The molecule has 0 bridgehead atoms. The summed E-state index contributed by atoms with van der Waals surface area (Å²) in [7, 11) is 0. The predicted molar refractivity (Wildman–Crippen MR) is 46.6 cm³/mol. The molecule has 0 aliphatic rings. The summed E-state index contributed by atoms with van der Waals surface area (Å²) in [5.74, 6) is 0.637. The summed E-state index contributed by atoms with van der Waals surface area (Å²) < 4.78 is 44.4. The van der Waals surface area contributed by atoms with Gasteiger partial charge in [-0.05, 0) is 0 Å². The van der Waals surface area contributed by atoms with Crippen molar-refractivity contribution in [2.24, 2.45) is 0 Å². The Balaban J connectivity index is 2.26. The molecule has 1 rings (SSSR count). The molecule has 0 N–H and O–H groups in total. The van der Waals surface area contributed by atoms with Gasteiger partial charge in [0.2, 0.25) is 0 Å². The fourth-order valence-electron chi connectivity index (χ4n) is 0.959. The summed E-state index contributed by atoms with van der Waals surface area (Å²) in [6, 6.07) is 0. The molecule has 0 aliphatic heterocycles. The number of alkyl halides is 4. The number of aromatic nitrogens is 1. The van der Waals surface area contributed by atoms with E-state index >= 15 is 0 Å². The Hall–Kier alpha value is -0.750. The summed E-state index contributed by atoms with van der Waals surface area (Å²) in [4.78, 5) is 3.79. The van der Waals surface area contributed by atoms with Crippen LogP contribution in [0.25, 0.3) is 0 Å². The second-order valence-corrected chi connectivity index (χ2v) is 3.04. The smallest absolute Gasteiger partial charge is 0.411 e. The van der Waals surface area contributed by atoms with Gasteiger partial charge >= 0.3 is 6.18 Å². The Morgan fingerprint density at radius 3 is 2.80 bits per heavy atom. The molecular weight excluding hydrogens is 235 g/mol. The summed E-state index contributed by atoms with van der Waals surface area (Å²) >= 11 is 5.52. The van der Waals surface area contributed by atoms with Gasteiger partial charge < -0.3 is 9.15 Å². The van der Waals surface area contributed by atoms with Gasteiger partial charge in [0.25, 0.3) is 0 Å². The lowest BCUT2D eigenvalue weighted by atomic mass is 10.3. The van der Waals surface area contributed by atoms with Crippen LogP contribution in [0.2, 0.25) is 0 Å². The van der Waals surface area contributed by atoms with Crippen LogP contribution in [-0.2, 0) is 17.0 Å². The van der Waals surface area contributed by atoms with Crippen molar-refractivity contribution in [2.75, 3.05) is 13.2 Å². The quantitative estimate of drug-likeness (QED) is 0.589. The summed E-state index contributed by atoms with van der Waals surface area (Å²) in [6.45, 7) is -1.32. The van der Waals surface area contributed by atoms with Crippen LogP contribution in [0.3, 0.4) is 0 Å². The lowest BCUT2D eigenvalue weighted by molar-refractivity contribution is -0.173. The normalized spacial score (nSPS) is 12.0. The van der Waals surface area contributed by atoms with E-state index in [0.29, 0.717) is 11.5 Å². The van der Waals surface area contributed by atoms with Crippen molar-refractivity contribution >= 4 is 11.6 Å². The first-order chi connectivity index (χ1) is 7.03. The number of hydrogen-bond acceptors (Lipinski definition) is 3. The minimum absolute atomic E-state index is 0.0708. The van der Waals surface area contributed by atoms with Crippen molar-refractivity contribution in [1.82, 2.24) is 4.98 Å². The average molecular weight is 244 g/mol. The monoisotopic (exact) mass is 243 g/mol. The first kappa shape index (κ1) is 12.3. The number of oxazole rings is 1. The molecule has 0 saturated carbocycles. The van der Waals surface area contributed by atoms with Crippen molar-refractivity contribution in [3.8, 4) is 0 Å². The number of hydrogen-bond donors (Lipinski definition) is 0. The standard InChI is InChI=1S/C8H9ClF3NO2/c9-3-6-7(15-5-13-6)1-2-14-4-8(10,11)12/h5H,1-4H2. The first-order valence-corrected chi connectivity index (χ1v) is 4.68. The van der Waals surface area contributed by atoms with Crippen LogP contribution in [0.5, 0.6) is 0 Å². The molecule has 15 heavy (non-hydrogen) atoms. The fourth-order valence-corrected chi connectivity index (χ4v) is 1.18. The SMILES string of the molecule is FC(F)(F)COCCc1ocnc1CCl. The third-order valence-corrected chi connectivity index (χ3v) is 1.84. The lowest BCUT2D eigenvalue weighted by Gasteiger charge is -2.06. The van der Waals surface area contributed by atoms with Gasteiger partial charge in [0.15, 0.2) is 6.39 Å². The van der Waals surface area contributed by atoms with Crippen LogP contribution in [-0.4, -0.2) is 24.4 Å². The molecule has 1 aromatic heterocycles. The highest BCUT2D eigenvalue weighted by atomic mass is 35.5. The third kappa shape index (κ3) is 4.53. The van der Waals surface area contributed by atoms with Crippen molar-refractivity contribution in [2.45, 2.75) is 18.5 Å². The number of ether oxygens (including phenoxy) is 1. The maximum absolute atomic E-state index is 11.7. The second-order valence-electron chi connectivity index (χ2n) is 2.77. The van der Waals surface area contributed by atoms with Gasteiger partial charge in [-0.2, -0.15) is 13.2 Å². The van der Waals surface area contributed by atoms with E-state index in [-0.39, 0.29) is 18.9 Å². The van der Waals surface area contributed by atoms with E-state index < -0.39 is 12.8 Å².